The Bertz CT molecular complexity index is 1060. The van der Waals surface area contributed by atoms with E-state index in [1.165, 1.54) is 40.7 Å². The molecule has 0 fully saturated rings. The van der Waals surface area contributed by atoms with E-state index >= 15 is 0 Å². The summed E-state index contributed by atoms with van der Waals surface area (Å²) in [6.07, 6.45) is 6.56. The Balaban J connectivity index is 1.52. The van der Waals surface area contributed by atoms with Crippen LogP contribution in [0.1, 0.15) is 51.9 Å². The topological polar surface area (TPSA) is 102 Å². The minimum absolute atomic E-state index is 0.273. The van der Waals surface area contributed by atoms with Crippen molar-refractivity contribution in [1.29, 1.82) is 0 Å². The molecule has 0 spiro atoms. The molecule has 0 saturated heterocycles. The molecule has 3 aromatic rings. The predicted molar refractivity (Wildman–Crippen MR) is 98.6 cm³/mol. The van der Waals surface area contributed by atoms with Gasteiger partial charge < -0.3 is 20.0 Å². The van der Waals surface area contributed by atoms with Crippen molar-refractivity contribution in [2.24, 2.45) is 0 Å². The minimum Gasteiger partial charge on any atom is -0.479 e. The highest BCUT2D eigenvalue weighted by atomic mass is 16.4. The number of carboxylic acid groups (broad SMARTS) is 1. The van der Waals surface area contributed by atoms with Crippen molar-refractivity contribution in [3.8, 4) is 0 Å². The maximum Gasteiger partial charge on any atom is 0.332 e. The maximum atomic E-state index is 13.1. The molecule has 1 aromatic carbocycles. The molecule has 7 nitrogen and oxygen atoms in total. The molecular formula is C20H20N4O3. The van der Waals surface area contributed by atoms with Crippen LogP contribution >= 0.6 is 0 Å². The number of nitrogens with zero attached hydrogens (tertiary/aromatic N) is 2. The van der Waals surface area contributed by atoms with E-state index < -0.39 is 12.0 Å². The Morgan fingerprint density at radius 3 is 2.85 bits per heavy atom. The number of fused-ring (bicyclic) bond motifs is 4. The van der Waals surface area contributed by atoms with E-state index in [1.807, 2.05) is 18.2 Å². The van der Waals surface area contributed by atoms with Crippen LogP contribution in [0.2, 0.25) is 0 Å². The maximum absolute atomic E-state index is 13.1. The van der Waals surface area contributed by atoms with Crippen LogP contribution in [0.25, 0.3) is 10.9 Å². The summed E-state index contributed by atoms with van der Waals surface area (Å²) in [6, 6.07) is 4.60. The van der Waals surface area contributed by atoms with Crippen molar-refractivity contribution in [3.05, 3.63) is 52.7 Å². The summed E-state index contributed by atoms with van der Waals surface area (Å²) in [5, 5.41) is 10.9. The second-order valence-corrected chi connectivity index (χ2v) is 7.31. The molecule has 3 heterocycles. The van der Waals surface area contributed by atoms with Crippen LogP contribution in [0.4, 0.5) is 0 Å². The third kappa shape index (κ3) is 2.45. The highest BCUT2D eigenvalue weighted by molar-refractivity contribution is 6.00. The number of hydrogen-bond donors (Lipinski definition) is 3. The molecule has 1 unspecified atom stereocenters. The summed E-state index contributed by atoms with van der Waals surface area (Å²) in [6.45, 7) is 0.351. The van der Waals surface area contributed by atoms with Gasteiger partial charge in [-0.1, -0.05) is 6.07 Å². The Kier molecular flexibility index (Phi) is 3.56. The number of imidazole rings is 1. The quantitative estimate of drug-likeness (QED) is 0.650. The van der Waals surface area contributed by atoms with Crippen molar-refractivity contribution in [2.45, 2.75) is 38.1 Å². The van der Waals surface area contributed by atoms with Crippen LogP contribution in [0.5, 0.6) is 0 Å². The van der Waals surface area contributed by atoms with Crippen molar-refractivity contribution in [3.63, 3.8) is 0 Å². The summed E-state index contributed by atoms with van der Waals surface area (Å²) in [7, 11) is 0. The predicted octanol–water partition coefficient (Wildman–Crippen LogP) is 2.59. The number of carboxylic acids is 1. The van der Waals surface area contributed by atoms with Crippen molar-refractivity contribution in [2.75, 3.05) is 6.54 Å². The molecule has 3 N–H and O–H groups in total. The van der Waals surface area contributed by atoms with Gasteiger partial charge in [-0.15, -0.1) is 0 Å². The van der Waals surface area contributed by atoms with Crippen LogP contribution in [0, 0.1) is 0 Å². The number of nitrogens with one attached hydrogen (secondary N) is 2. The van der Waals surface area contributed by atoms with Crippen LogP contribution in [0.3, 0.4) is 0 Å². The number of aliphatic carboxylic acids is 1. The summed E-state index contributed by atoms with van der Waals surface area (Å²) in [5.41, 5.74) is 5.31. The van der Waals surface area contributed by atoms with Gasteiger partial charge in [-0.3, -0.25) is 4.79 Å². The van der Waals surface area contributed by atoms with E-state index in [2.05, 4.69) is 15.0 Å². The lowest BCUT2D eigenvalue weighted by atomic mass is 9.95. The molecule has 0 bridgehead atoms. The Morgan fingerprint density at radius 1 is 1.15 bits per heavy atom. The molecule has 7 heteroatoms. The molecule has 1 aliphatic heterocycles. The van der Waals surface area contributed by atoms with Gasteiger partial charge in [0.1, 0.15) is 0 Å². The van der Waals surface area contributed by atoms with Crippen LogP contribution in [-0.4, -0.2) is 43.4 Å². The van der Waals surface area contributed by atoms with Gasteiger partial charge in [-0.2, -0.15) is 0 Å². The van der Waals surface area contributed by atoms with Gasteiger partial charge in [-0.05, 0) is 43.4 Å². The normalized spacial score (nSPS) is 19.0. The number of hydrogen-bond acceptors (Lipinski definition) is 3. The van der Waals surface area contributed by atoms with Crippen LogP contribution < -0.4 is 0 Å². The monoisotopic (exact) mass is 364 g/mol. The molecular weight excluding hydrogens is 344 g/mol. The zero-order valence-corrected chi connectivity index (χ0v) is 14.8. The van der Waals surface area contributed by atoms with Crippen LogP contribution in [0.15, 0.2) is 24.5 Å². The molecule has 0 radical (unpaired) electrons. The molecule has 138 valence electrons. The fraction of sp³-hybridized carbons (Fsp3) is 0.350. The fourth-order valence-corrected chi connectivity index (χ4v) is 4.46. The molecule has 1 aliphatic carbocycles. The first-order valence-corrected chi connectivity index (χ1v) is 9.33. The van der Waals surface area contributed by atoms with Crippen molar-refractivity contribution < 1.29 is 14.7 Å². The van der Waals surface area contributed by atoms with E-state index in [-0.39, 0.29) is 5.91 Å². The number of aromatic nitrogens is 3. The average Bonchev–Trinajstić information content (AvgIpc) is 3.29. The molecule has 5 rings (SSSR count). The first-order valence-electron chi connectivity index (χ1n) is 9.33. The molecule has 0 saturated carbocycles. The second-order valence-electron chi connectivity index (χ2n) is 7.31. The number of rotatable bonds is 2. The number of amides is 1. The highest BCUT2D eigenvalue weighted by Gasteiger charge is 2.38. The van der Waals surface area contributed by atoms with Gasteiger partial charge in [0.2, 0.25) is 0 Å². The van der Waals surface area contributed by atoms with Gasteiger partial charge >= 0.3 is 5.97 Å². The standard InChI is InChI=1S/C20H20N4O3/c25-19(24-8-7-15-17(22-10-21-15)18(24)20(26)27)11-5-6-13-12-3-1-2-4-14(12)23-16(13)9-11/h5-6,9-10,18,23H,1-4,7-8H2,(H,21,22)(H,26,27). The van der Waals surface area contributed by atoms with Gasteiger partial charge in [-0.25, -0.2) is 9.78 Å². The number of carbonyl (C=O) groups excluding carboxylic acids is 1. The lowest BCUT2D eigenvalue weighted by molar-refractivity contribution is -0.143. The minimum atomic E-state index is -1.06. The SMILES string of the molecule is O=C(O)C1c2nc[nH]c2CCN1C(=O)c1ccc2c3c([nH]c2c1)CCCC3. The molecule has 2 aromatic heterocycles. The van der Waals surface area contributed by atoms with Crippen molar-refractivity contribution in [1.82, 2.24) is 19.9 Å². The summed E-state index contributed by atoms with van der Waals surface area (Å²) in [4.78, 5) is 37.0. The van der Waals surface area contributed by atoms with Crippen LogP contribution in [-0.2, 0) is 24.1 Å². The Hall–Kier alpha value is -3.09. The Labute approximate surface area is 155 Å². The summed E-state index contributed by atoms with van der Waals surface area (Å²) in [5.74, 6) is -1.33. The van der Waals surface area contributed by atoms with E-state index in [0.29, 0.717) is 24.2 Å². The lowest BCUT2D eigenvalue weighted by Gasteiger charge is -2.32. The summed E-state index contributed by atoms with van der Waals surface area (Å²) >= 11 is 0. The van der Waals surface area contributed by atoms with Gasteiger partial charge in [0, 0.05) is 40.8 Å². The molecule has 1 amide bonds. The van der Waals surface area contributed by atoms with E-state index in [9.17, 15) is 14.7 Å². The number of H-pyrrole nitrogens is 2. The zero-order valence-electron chi connectivity index (χ0n) is 14.8. The first kappa shape index (κ1) is 16.1. The fourth-order valence-electron chi connectivity index (χ4n) is 4.46. The third-order valence-corrected chi connectivity index (χ3v) is 5.76. The lowest BCUT2D eigenvalue weighted by Crippen LogP contribution is -2.43. The van der Waals surface area contributed by atoms with E-state index in [0.717, 1.165) is 24.1 Å². The van der Waals surface area contributed by atoms with Gasteiger partial charge in [0.25, 0.3) is 5.91 Å². The summed E-state index contributed by atoms with van der Waals surface area (Å²) < 4.78 is 0. The second kappa shape index (κ2) is 5.97. The van der Waals surface area contributed by atoms with E-state index in [4.69, 9.17) is 0 Å². The van der Waals surface area contributed by atoms with Crippen molar-refractivity contribution >= 4 is 22.8 Å². The van der Waals surface area contributed by atoms with Gasteiger partial charge in [0.15, 0.2) is 6.04 Å². The molecule has 2 aliphatic rings. The number of carbonyl (C=O) groups is 2. The zero-order chi connectivity index (χ0) is 18.5. The largest absolute Gasteiger partial charge is 0.479 e. The number of benzene rings is 1. The number of aromatic amines is 2. The number of aryl methyl sites for hydroxylation is 2. The highest BCUT2D eigenvalue weighted by Crippen LogP contribution is 2.32. The van der Waals surface area contributed by atoms with E-state index in [1.54, 1.807) is 0 Å². The first-order chi connectivity index (χ1) is 13.1. The average molecular weight is 364 g/mol. The Morgan fingerprint density at radius 2 is 2.00 bits per heavy atom. The smallest absolute Gasteiger partial charge is 0.332 e. The third-order valence-electron chi connectivity index (χ3n) is 5.76. The molecule has 1 atom stereocenters. The van der Waals surface area contributed by atoms with Gasteiger partial charge in [0.05, 0.1) is 12.0 Å². The molecule has 27 heavy (non-hydrogen) atoms.